The van der Waals surface area contributed by atoms with Crippen LogP contribution in [0.4, 0.5) is 0 Å². The van der Waals surface area contributed by atoms with Gasteiger partial charge in [-0.1, -0.05) is 24.3 Å². The van der Waals surface area contributed by atoms with Crippen LogP contribution < -0.4 is 9.47 Å². The molecule has 2 aromatic carbocycles. The molecule has 8 nitrogen and oxygen atoms in total. The Hall–Kier alpha value is -3.62. The Kier molecular flexibility index (Phi) is 7.53. The fourth-order valence-electron chi connectivity index (χ4n) is 2.31. The molecule has 0 bridgehead atoms. The zero-order valence-electron chi connectivity index (χ0n) is 15.5. The van der Waals surface area contributed by atoms with E-state index in [0.29, 0.717) is 11.1 Å². The van der Waals surface area contributed by atoms with Gasteiger partial charge in [0.25, 0.3) is 0 Å². The molecule has 0 amide bonds. The van der Waals surface area contributed by atoms with Crippen LogP contribution in [0.3, 0.4) is 0 Å². The summed E-state index contributed by atoms with van der Waals surface area (Å²) in [6.45, 7) is -2.10. The number of ether oxygens (including phenoxy) is 2. The third kappa shape index (κ3) is 6.80. The van der Waals surface area contributed by atoms with Crippen LogP contribution in [-0.4, -0.2) is 45.6 Å². The monoisotopic (exact) mass is 400 g/mol. The topological polar surface area (TPSA) is 134 Å². The molecular weight excluding hydrogens is 380 g/mol. The molecule has 0 unspecified atom stereocenters. The maximum atomic E-state index is 12.0. The second-order valence-corrected chi connectivity index (χ2v) is 5.88. The molecule has 0 radical (unpaired) electrons. The van der Waals surface area contributed by atoms with Crippen molar-refractivity contribution < 1.29 is 39.5 Å². The van der Waals surface area contributed by atoms with Crippen molar-refractivity contribution in [1.29, 1.82) is 0 Å². The first-order chi connectivity index (χ1) is 13.8. The number of aliphatic hydroxyl groups is 2. The molecule has 0 saturated heterocycles. The van der Waals surface area contributed by atoms with Crippen LogP contribution in [0.5, 0.6) is 23.0 Å². The number of ketones is 2. The number of allylic oxidation sites excluding steroid dienone is 2. The van der Waals surface area contributed by atoms with Gasteiger partial charge < -0.3 is 29.9 Å². The van der Waals surface area contributed by atoms with Crippen LogP contribution in [-0.2, 0) is 9.59 Å². The lowest BCUT2D eigenvalue weighted by Gasteiger charge is -2.09. The van der Waals surface area contributed by atoms with Gasteiger partial charge in [-0.05, 0) is 47.5 Å². The largest absolute Gasteiger partial charge is 0.504 e. The summed E-state index contributed by atoms with van der Waals surface area (Å²) in [6, 6.07) is 8.63. The molecular formula is C21H20O8. The van der Waals surface area contributed by atoms with E-state index in [9.17, 15) is 19.8 Å². The first-order valence-electron chi connectivity index (χ1n) is 8.43. The van der Waals surface area contributed by atoms with Crippen molar-refractivity contribution in [3.63, 3.8) is 0 Å². The van der Waals surface area contributed by atoms with Gasteiger partial charge in [-0.25, -0.2) is 0 Å². The van der Waals surface area contributed by atoms with Gasteiger partial charge in [-0.3, -0.25) is 9.59 Å². The van der Waals surface area contributed by atoms with E-state index in [1.807, 2.05) is 0 Å². The van der Waals surface area contributed by atoms with Crippen molar-refractivity contribution in [2.24, 2.45) is 0 Å². The lowest BCUT2D eigenvalue weighted by molar-refractivity contribution is -0.180. The molecule has 8 heteroatoms. The van der Waals surface area contributed by atoms with Crippen molar-refractivity contribution in [2.75, 3.05) is 7.11 Å². The fraction of sp³-hybridized carbons (Fsp3) is 0.143. The van der Waals surface area contributed by atoms with Gasteiger partial charge >= 0.3 is 6.48 Å². The van der Waals surface area contributed by atoms with Crippen molar-refractivity contribution in [1.82, 2.24) is 0 Å². The van der Waals surface area contributed by atoms with Crippen LogP contribution in [0.2, 0.25) is 0 Å². The maximum absolute atomic E-state index is 12.0. The summed E-state index contributed by atoms with van der Waals surface area (Å²) >= 11 is 0. The molecule has 29 heavy (non-hydrogen) atoms. The van der Waals surface area contributed by atoms with Crippen molar-refractivity contribution in [2.45, 2.75) is 12.9 Å². The third-order valence-corrected chi connectivity index (χ3v) is 3.69. The number of hydrogen-bond donors (Lipinski definition) is 4. The number of rotatable bonds is 9. The Morgan fingerprint density at radius 2 is 1.38 bits per heavy atom. The molecule has 0 aromatic heterocycles. The molecule has 152 valence electrons. The van der Waals surface area contributed by atoms with E-state index >= 15 is 0 Å². The van der Waals surface area contributed by atoms with Gasteiger partial charge in [0.15, 0.2) is 34.6 Å². The number of aromatic hydroxyl groups is 2. The second-order valence-electron chi connectivity index (χ2n) is 5.88. The highest BCUT2D eigenvalue weighted by atomic mass is 16.7. The van der Waals surface area contributed by atoms with Gasteiger partial charge in [-0.15, -0.1) is 0 Å². The summed E-state index contributed by atoms with van der Waals surface area (Å²) < 4.78 is 9.59. The number of aliphatic hydroxyl groups excluding tert-OH is 1. The highest BCUT2D eigenvalue weighted by molar-refractivity contribution is 6.10. The standard InChI is InChI=1S/C21H20O8/c1-28-19-10-13(4-8-17(19)24)2-6-15(22)12-16(23)7-3-14-5-9-18(25)20(11-14)29-21(26)27/h2-11,21,24-27H,12H2,1H3/b6-2+,7-3+. The zero-order valence-corrected chi connectivity index (χ0v) is 15.5. The van der Waals surface area contributed by atoms with E-state index in [0.717, 1.165) is 0 Å². The Bertz CT molecular complexity index is 944. The molecule has 0 saturated carbocycles. The molecule has 0 spiro atoms. The van der Waals surface area contributed by atoms with Crippen LogP contribution >= 0.6 is 0 Å². The number of carbonyl (C=O) groups is 2. The number of phenols is 2. The molecule has 0 atom stereocenters. The average molecular weight is 400 g/mol. The number of phenolic OH excluding ortho intramolecular Hbond substituents is 2. The molecule has 2 aromatic rings. The number of carbonyl (C=O) groups excluding carboxylic acids is 2. The highest BCUT2D eigenvalue weighted by Crippen LogP contribution is 2.28. The van der Waals surface area contributed by atoms with E-state index < -0.39 is 18.0 Å². The Morgan fingerprint density at radius 3 is 1.86 bits per heavy atom. The first-order valence-corrected chi connectivity index (χ1v) is 8.43. The third-order valence-electron chi connectivity index (χ3n) is 3.69. The van der Waals surface area contributed by atoms with Crippen molar-refractivity contribution in [3.05, 3.63) is 59.7 Å². The summed E-state index contributed by atoms with van der Waals surface area (Å²) in [4.78, 5) is 23.9. The predicted octanol–water partition coefficient (Wildman–Crippen LogP) is 2.01. The van der Waals surface area contributed by atoms with E-state index in [1.165, 1.54) is 55.7 Å². The average Bonchev–Trinajstić information content (AvgIpc) is 2.67. The van der Waals surface area contributed by atoms with Crippen molar-refractivity contribution in [3.8, 4) is 23.0 Å². The molecule has 0 heterocycles. The van der Waals surface area contributed by atoms with Gasteiger partial charge in [0.1, 0.15) is 0 Å². The highest BCUT2D eigenvalue weighted by Gasteiger charge is 2.08. The number of hydrogen-bond acceptors (Lipinski definition) is 8. The SMILES string of the molecule is COc1cc(/C=C/C(=O)CC(=O)/C=C/c2ccc(O)c(OC(O)O)c2)ccc1O. The van der Waals surface area contributed by atoms with Gasteiger partial charge in [0.2, 0.25) is 0 Å². The maximum Gasteiger partial charge on any atom is 0.310 e. The molecule has 0 aliphatic heterocycles. The quantitative estimate of drug-likeness (QED) is 0.285. The molecule has 4 N–H and O–H groups in total. The minimum Gasteiger partial charge on any atom is -0.504 e. The molecule has 0 aliphatic rings. The fourth-order valence-corrected chi connectivity index (χ4v) is 2.31. The minimum atomic E-state index is -2.10. The normalized spacial score (nSPS) is 11.3. The zero-order chi connectivity index (χ0) is 21.4. The van der Waals surface area contributed by atoms with Gasteiger partial charge in [0, 0.05) is 0 Å². The van der Waals surface area contributed by atoms with Crippen LogP contribution in [0, 0.1) is 0 Å². The summed E-state index contributed by atoms with van der Waals surface area (Å²) in [5.41, 5.74) is 1.07. The van der Waals surface area contributed by atoms with Crippen LogP contribution in [0.1, 0.15) is 17.5 Å². The van der Waals surface area contributed by atoms with E-state index in [4.69, 9.17) is 14.9 Å². The Labute approximate surface area is 166 Å². The number of methoxy groups -OCH3 is 1. The predicted molar refractivity (Wildman–Crippen MR) is 104 cm³/mol. The Morgan fingerprint density at radius 1 is 0.897 bits per heavy atom. The lowest BCUT2D eigenvalue weighted by Crippen LogP contribution is -2.13. The summed E-state index contributed by atoms with van der Waals surface area (Å²) in [6.07, 6.45) is 5.01. The van der Waals surface area contributed by atoms with Crippen LogP contribution in [0.15, 0.2) is 48.6 Å². The van der Waals surface area contributed by atoms with Gasteiger partial charge in [-0.2, -0.15) is 0 Å². The van der Waals surface area contributed by atoms with E-state index in [2.05, 4.69) is 4.74 Å². The molecule has 2 rings (SSSR count). The van der Waals surface area contributed by atoms with Gasteiger partial charge in [0.05, 0.1) is 13.5 Å². The summed E-state index contributed by atoms with van der Waals surface area (Å²) in [5, 5.41) is 36.7. The minimum absolute atomic E-state index is 0.0208. The lowest BCUT2D eigenvalue weighted by atomic mass is 10.1. The van der Waals surface area contributed by atoms with E-state index in [-0.39, 0.29) is 29.4 Å². The Balaban J connectivity index is 1.97. The molecule has 0 aliphatic carbocycles. The molecule has 0 fully saturated rings. The second kappa shape index (κ2) is 10.1. The van der Waals surface area contributed by atoms with E-state index in [1.54, 1.807) is 12.1 Å². The first kappa shape index (κ1) is 21.7. The summed E-state index contributed by atoms with van der Waals surface area (Å²) in [5.74, 6) is -1.08. The number of benzene rings is 2. The summed E-state index contributed by atoms with van der Waals surface area (Å²) in [7, 11) is 1.41. The van der Waals surface area contributed by atoms with Crippen LogP contribution in [0.25, 0.3) is 12.2 Å². The van der Waals surface area contributed by atoms with Crippen molar-refractivity contribution >= 4 is 23.7 Å². The smallest absolute Gasteiger partial charge is 0.310 e.